The minimum atomic E-state index is -2.77. The lowest BCUT2D eigenvalue weighted by Gasteiger charge is -2.11. The second-order valence-corrected chi connectivity index (χ2v) is 7.53. The van der Waals surface area contributed by atoms with Gasteiger partial charge in [-0.05, 0) is 43.2 Å². The highest BCUT2D eigenvalue weighted by Gasteiger charge is 2.27. The molecule has 1 aliphatic heterocycles. The predicted molar refractivity (Wildman–Crippen MR) is 71.5 cm³/mol. The molecule has 2 heterocycles. The van der Waals surface area contributed by atoms with E-state index in [2.05, 4.69) is 16.4 Å². The number of hydrogen-bond donors (Lipinski definition) is 1. The summed E-state index contributed by atoms with van der Waals surface area (Å²) in [5.41, 5.74) is 2.57. The number of hydrogen-bond acceptors (Lipinski definition) is 4. The molecule has 1 fully saturated rings. The SMILES string of the molecule is O=S1(=O)CCC(CNc2ccc3c(n2)CCC3)C1. The maximum atomic E-state index is 11.4. The second kappa shape index (κ2) is 4.53. The van der Waals surface area contributed by atoms with Crippen molar-refractivity contribution in [2.45, 2.75) is 25.7 Å². The van der Waals surface area contributed by atoms with Crippen molar-refractivity contribution in [2.75, 3.05) is 23.4 Å². The summed E-state index contributed by atoms with van der Waals surface area (Å²) in [6, 6.07) is 4.15. The number of anilines is 1. The summed E-state index contributed by atoms with van der Waals surface area (Å²) in [6.07, 6.45) is 4.19. The minimum absolute atomic E-state index is 0.241. The summed E-state index contributed by atoms with van der Waals surface area (Å²) in [5, 5.41) is 3.28. The third-order valence-electron chi connectivity index (χ3n) is 3.83. The number of rotatable bonds is 3. The van der Waals surface area contributed by atoms with Crippen LogP contribution in [-0.2, 0) is 22.7 Å². The lowest BCUT2D eigenvalue weighted by molar-refractivity contribution is 0.595. The highest BCUT2D eigenvalue weighted by Crippen LogP contribution is 2.23. The van der Waals surface area contributed by atoms with Crippen molar-refractivity contribution in [1.82, 2.24) is 4.98 Å². The maximum Gasteiger partial charge on any atom is 0.150 e. The molecule has 1 unspecified atom stereocenters. The van der Waals surface area contributed by atoms with Crippen LogP contribution >= 0.6 is 0 Å². The molecule has 5 heteroatoms. The van der Waals surface area contributed by atoms with E-state index < -0.39 is 9.84 Å². The molecule has 2 aliphatic rings. The van der Waals surface area contributed by atoms with Crippen LogP contribution in [0.5, 0.6) is 0 Å². The molecule has 1 atom stereocenters. The molecule has 0 spiro atoms. The molecule has 0 bridgehead atoms. The molecule has 3 rings (SSSR count). The first kappa shape index (κ1) is 12.0. The fraction of sp³-hybridized carbons (Fsp3) is 0.615. The molecule has 0 amide bonds. The fourth-order valence-corrected chi connectivity index (χ4v) is 4.66. The Bertz CT molecular complexity index is 554. The van der Waals surface area contributed by atoms with Crippen LogP contribution in [0.2, 0.25) is 0 Å². The van der Waals surface area contributed by atoms with Crippen LogP contribution in [0.25, 0.3) is 0 Å². The summed E-state index contributed by atoms with van der Waals surface area (Å²) in [7, 11) is -2.77. The van der Waals surface area contributed by atoms with E-state index >= 15 is 0 Å². The Morgan fingerprint density at radius 1 is 1.33 bits per heavy atom. The van der Waals surface area contributed by atoms with Gasteiger partial charge in [-0.15, -0.1) is 0 Å². The van der Waals surface area contributed by atoms with Crippen LogP contribution in [0.3, 0.4) is 0 Å². The zero-order valence-electron chi connectivity index (χ0n) is 10.4. The van der Waals surface area contributed by atoms with Crippen molar-refractivity contribution in [3.8, 4) is 0 Å². The molecule has 1 saturated heterocycles. The monoisotopic (exact) mass is 266 g/mol. The van der Waals surface area contributed by atoms with Gasteiger partial charge in [-0.2, -0.15) is 0 Å². The van der Waals surface area contributed by atoms with E-state index in [0.29, 0.717) is 18.1 Å². The molecule has 0 radical (unpaired) electrons. The van der Waals surface area contributed by atoms with Gasteiger partial charge in [-0.25, -0.2) is 13.4 Å². The molecular formula is C13H18N2O2S. The summed E-state index contributed by atoms with van der Waals surface area (Å²) in [6.45, 7) is 0.713. The number of sulfone groups is 1. The number of nitrogens with zero attached hydrogens (tertiary/aromatic N) is 1. The van der Waals surface area contributed by atoms with Crippen molar-refractivity contribution in [3.05, 3.63) is 23.4 Å². The molecule has 1 aliphatic carbocycles. The summed E-state index contributed by atoms with van der Waals surface area (Å²) in [5.74, 6) is 1.80. The van der Waals surface area contributed by atoms with E-state index in [1.54, 1.807) is 0 Å². The first-order valence-corrected chi connectivity index (χ1v) is 8.38. The largest absolute Gasteiger partial charge is 0.370 e. The van der Waals surface area contributed by atoms with Crippen LogP contribution in [0.1, 0.15) is 24.1 Å². The van der Waals surface area contributed by atoms with Crippen molar-refractivity contribution < 1.29 is 8.42 Å². The number of fused-ring (bicyclic) bond motifs is 1. The third kappa shape index (κ3) is 2.51. The Morgan fingerprint density at radius 2 is 2.22 bits per heavy atom. The fourth-order valence-electron chi connectivity index (χ4n) is 2.80. The maximum absolute atomic E-state index is 11.4. The zero-order chi connectivity index (χ0) is 12.6. The van der Waals surface area contributed by atoms with Gasteiger partial charge in [-0.1, -0.05) is 6.07 Å². The molecule has 98 valence electrons. The molecule has 0 saturated carbocycles. The van der Waals surface area contributed by atoms with Gasteiger partial charge in [0.25, 0.3) is 0 Å². The van der Waals surface area contributed by atoms with Crippen LogP contribution in [0.4, 0.5) is 5.82 Å². The summed E-state index contributed by atoms with van der Waals surface area (Å²) < 4.78 is 22.7. The van der Waals surface area contributed by atoms with Crippen molar-refractivity contribution >= 4 is 15.7 Å². The average molecular weight is 266 g/mol. The van der Waals surface area contributed by atoms with E-state index in [9.17, 15) is 8.42 Å². The molecular weight excluding hydrogens is 248 g/mol. The molecule has 1 N–H and O–H groups in total. The normalized spacial score (nSPS) is 25.0. The van der Waals surface area contributed by atoms with Gasteiger partial charge in [0.1, 0.15) is 5.82 Å². The van der Waals surface area contributed by atoms with E-state index in [4.69, 9.17) is 0 Å². The number of nitrogens with one attached hydrogen (secondary N) is 1. The molecule has 1 aromatic heterocycles. The number of aromatic nitrogens is 1. The average Bonchev–Trinajstić information content (AvgIpc) is 2.92. The van der Waals surface area contributed by atoms with Crippen molar-refractivity contribution in [1.29, 1.82) is 0 Å². The van der Waals surface area contributed by atoms with Crippen molar-refractivity contribution in [2.24, 2.45) is 5.92 Å². The van der Waals surface area contributed by atoms with E-state index in [1.165, 1.54) is 17.7 Å². The van der Waals surface area contributed by atoms with Gasteiger partial charge in [0.2, 0.25) is 0 Å². The second-order valence-electron chi connectivity index (χ2n) is 5.31. The van der Waals surface area contributed by atoms with Gasteiger partial charge >= 0.3 is 0 Å². The standard InChI is InChI=1S/C13H18N2O2S/c16-18(17)7-6-10(9-18)8-14-13-5-4-11-2-1-3-12(11)15-13/h4-5,10H,1-3,6-9H2,(H,14,15). The predicted octanol–water partition coefficient (Wildman–Crippen LogP) is 1.42. The van der Waals surface area contributed by atoms with Gasteiger partial charge in [0, 0.05) is 12.2 Å². The Balaban J connectivity index is 1.61. The van der Waals surface area contributed by atoms with Gasteiger partial charge in [-0.3, -0.25) is 0 Å². The van der Waals surface area contributed by atoms with Gasteiger partial charge < -0.3 is 5.32 Å². The highest BCUT2D eigenvalue weighted by molar-refractivity contribution is 7.91. The van der Waals surface area contributed by atoms with Crippen LogP contribution in [-0.4, -0.2) is 31.5 Å². The summed E-state index contributed by atoms with van der Waals surface area (Å²) in [4.78, 5) is 4.59. The first-order valence-electron chi connectivity index (χ1n) is 6.55. The quantitative estimate of drug-likeness (QED) is 0.899. The van der Waals surface area contributed by atoms with E-state index in [-0.39, 0.29) is 5.92 Å². The smallest absolute Gasteiger partial charge is 0.150 e. The van der Waals surface area contributed by atoms with Gasteiger partial charge in [0.15, 0.2) is 9.84 Å². The van der Waals surface area contributed by atoms with Crippen LogP contribution < -0.4 is 5.32 Å². The Hall–Kier alpha value is -1.10. The highest BCUT2D eigenvalue weighted by atomic mass is 32.2. The van der Waals surface area contributed by atoms with E-state index in [0.717, 1.165) is 25.1 Å². The topological polar surface area (TPSA) is 59.1 Å². The Labute approximate surface area is 108 Å². The molecule has 18 heavy (non-hydrogen) atoms. The summed E-state index contributed by atoms with van der Waals surface area (Å²) >= 11 is 0. The first-order chi connectivity index (χ1) is 8.62. The third-order valence-corrected chi connectivity index (χ3v) is 5.66. The minimum Gasteiger partial charge on any atom is -0.370 e. The van der Waals surface area contributed by atoms with Crippen LogP contribution in [0, 0.1) is 5.92 Å². The zero-order valence-corrected chi connectivity index (χ0v) is 11.2. The lowest BCUT2D eigenvalue weighted by atomic mass is 10.1. The number of aryl methyl sites for hydroxylation is 2. The number of pyridine rings is 1. The Kier molecular flexibility index (Phi) is 3.01. The molecule has 1 aromatic rings. The Morgan fingerprint density at radius 3 is 3.00 bits per heavy atom. The lowest BCUT2D eigenvalue weighted by Crippen LogP contribution is -2.16. The van der Waals surface area contributed by atoms with Crippen LogP contribution in [0.15, 0.2) is 12.1 Å². The molecule has 4 nitrogen and oxygen atoms in total. The van der Waals surface area contributed by atoms with Gasteiger partial charge in [0.05, 0.1) is 11.5 Å². The molecule has 0 aromatic carbocycles. The van der Waals surface area contributed by atoms with E-state index in [1.807, 2.05) is 6.07 Å². The van der Waals surface area contributed by atoms with Crippen molar-refractivity contribution in [3.63, 3.8) is 0 Å².